The minimum atomic E-state index is -0.802. The summed E-state index contributed by atoms with van der Waals surface area (Å²) in [7, 11) is 0. The fourth-order valence-corrected chi connectivity index (χ4v) is 9.63. The van der Waals surface area contributed by atoms with Gasteiger partial charge in [0.1, 0.15) is 13.2 Å². The van der Waals surface area contributed by atoms with Gasteiger partial charge in [-0.1, -0.05) is 310 Å². The predicted octanol–water partition coefficient (Wildman–Crippen LogP) is 23.8. The lowest BCUT2D eigenvalue weighted by molar-refractivity contribution is -0.167. The first-order valence-corrected chi connectivity index (χ1v) is 34.4. The highest BCUT2D eigenvalue weighted by Crippen LogP contribution is 2.17. The van der Waals surface area contributed by atoms with Gasteiger partial charge in [0.25, 0.3) is 0 Å². The molecule has 0 fully saturated rings. The van der Waals surface area contributed by atoms with Gasteiger partial charge in [0.05, 0.1) is 0 Å². The summed E-state index contributed by atoms with van der Waals surface area (Å²) in [5.74, 6) is -0.926. The zero-order chi connectivity index (χ0) is 58.5. The maximum absolute atomic E-state index is 12.9. The third-order valence-corrected chi connectivity index (χ3v) is 14.8. The number of carbonyl (C=O) groups excluding carboxylic acids is 3. The molecule has 0 saturated carbocycles. The fourth-order valence-electron chi connectivity index (χ4n) is 9.63. The van der Waals surface area contributed by atoms with E-state index < -0.39 is 6.10 Å². The monoisotopic (exact) mass is 1120 g/mol. The largest absolute Gasteiger partial charge is 0.462 e. The Morgan fingerprint density at radius 1 is 0.259 bits per heavy atom. The zero-order valence-electron chi connectivity index (χ0n) is 53.3. The maximum atomic E-state index is 12.9. The molecule has 0 aromatic heterocycles. The van der Waals surface area contributed by atoms with Crippen LogP contribution in [0, 0.1) is 0 Å². The molecule has 0 amide bonds. The average molecular weight is 1130 g/mol. The second kappa shape index (κ2) is 68.6. The molecule has 0 radical (unpaired) electrons. The molecular weight excluding hydrogens is 997 g/mol. The lowest BCUT2D eigenvalue weighted by atomic mass is 10.0. The summed E-state index contributed by atoms with van der Waals surface area (Å²) in [5.41, 5.74) is 0. The van der Waals surface area contributed by atoms with Gasteiger partial charge in [0.15, 0.2) is 6.10 Å². The summed E-state index contributed by atoms with van der Waals surface area (Å²) < 4.78 is 16.9. The Balaban J connectivity index is 4.33. The molecule has 0 rings (SSSR count). The molecule has 81 heavy (non-hydrogen) atoms. The Labute approximate surface area is 501 Å². The van der Waals surface area contributed by atoms with E-state index in [1.807, 2.05) is 0 Å². The number of rotatable bonds is 62. The van der Waals surface area contributed by atoms with Crippen molar-refractivity contribution in [1.29, 1.82) is 0 Å². The number of hydrogen-bond acceptors (Lipinski definition) is 6. The number of allylic oxidation sites excluding steroid dienone is 18. The van der Waals surface area contributed by atoms with E-state index in [1.54, 1.807) is 0 Å². The number of ether oxygens (including phenoxy) is 3. The molecular formula is C75H128O6. The van der Waals surface area contributed by atoms with Gasteiger partial charge in [-0.3, -0.25) is 14.4 Å². The van der Waals surface area contributed by atoms with Crippen molar-refractivity contribution in [3.63, 3.8) is 0 Å². The summed E-state index contributed by atoms with van der Waals surface area (Å²) in [4.78, 5) is 38.4. The quantitative estimate of drug-likeness (QED) is 0.0261. The van der Waals surface area contributed by atoms with Crippen LogP contribution in [0.2, 0.25) is 0 Å². The van der Waals surface area contributed by atoms with Gasteiger partial charge in [-0.2, -0.15) is 0 Å². The molecule has 0 aromatic rings. The Bertz CT molecular complexity index is 1620. The molecule has 0 spiro atoms. The lowest BCUT2D eigenvalue weighted by Crippen LogP contribution is -2.30. The normalized spacial score (nSPS) is 12.8. The average Bonchev–Trinajstić information content (AvgIpc) is 3.46. The van der Waals surface area contributed by atoms with Gasteiger partial charge in [-0.25, -0.2) is 0 Å². The minimum absolute atomic E-state index is 0.0936. The Morgan fingerprint density at radius 3 is 0.778 bits per heavy atom. The highest BCUT2D eigenvalue weighted by Gasteiger charge is 2.19. The number of unbranched alkanes of at least 4 members (excludes halogenated alkanes) is 33. The van der Waals surface area contributed by atoms with E-state index in [4.69, 9.17) is 14.2 Å². The zero-order valence-corrected chi connectivity index (χ0v) is 53.3. The van der Waals surface area contributed by atoms with E-state index in [1.165, 1.54) is 180 Å². The van der Waals surface area contributed by atoms with Crippen LogP contribution < -0.4 is 0 Å². The van der Waals surface area contributed by atoms with Crippen LogP contribution in [0.15, 0.2) is 109 Å². The van der Waals surface area contributed by atoms with Gasteiger partial charge in [-0.05, 0) is 109 Å². The van der Waals surface area contributed by atoms with Crippen LogP contribution in [0.1, 0.15) is 329 Å². The van der Waals surface area contributed by atoms with Crippen LogP contribution in [-0.2, 0) is 28.6 Å². The van der Waals surface area contributed by atoms with Gasteiger partial charge in [0, 0.05) is 19.3 Å². The number of hydrogen-bond donors (Lipinski definition) is 0. The van der Waals surface area contributed by atoms with Crippen molar-refractivity contribution in [2.45, 2.75) is 335 Å². The molecule has 1 atom stereocenters. The lowest BCUT2D eigenvalue weighted by Gasteiger charge is -2.18. The summed E-state index contributed by atoms with van der Waals surface area (Å²) in [5, 5.41) is 0. The summed E-state index contributed by atoms with van der Waals surface area (Å²) in [6.45, 7) is 6.51. The Hall–Kier alpha value is -3.93. The van der Waals surface area contributed by atoms with Crippen molar-refractivity contribution in [2.75, 3.05) is 13.2 Å². The topological polar surface area (TPSA) is 78.9 Å². The third kappa shape index (κ3) is 66.8. The predicted molar refractivity (Wildman–Crippen MR) is 353 cm³/mol. The van der Waals surface area contributed by atoms with Crippen LogP contribution in [0.5, 0.6) is 0 Å². The first kappa shape index (κ1) is 77.1. The summed E-state index contributed by atoms with van der Waals surface area (Å²) >= 11 is 0. The second-order valence-corrected chi connectivity index (χ2v) is 22.7. The van der Waals surface area contributed by atoms with E-state index in [9.17, 15) is 14.4 Å². The highest BCUT2D eigenvalue weighted by molar-refractivity contribution is 5.71. The first-order valence-electron chi connectivity index (χ1n) is 34.4. The molecule has 0 aromatic carbocycles. The van der Waals surface area contributed by atoms with E-state index in [0.717, 1.165) is 103 Å². The molecule has 0 bridgehead atoms. The van der Waals surface area contributed by atoms with Crippen LogP contribution in [0.25, 0.3) is 0 Å². The van der Waals surface area contributed by atoms with E-state index in [-0.39, 0.29) is 37.5 Å². The third-order valence-electron chi connectivity index (χ3n) is 14.8. The molecule has 0 saturated heterocycles. The van der Waals surface area contributed by atoms with Gasteiger partial charge in [-0.15, -0.1) is 0 Å². The van der Waals surface area contributed by atoms with Gasteiger partial charge >= 0.3 is 17.9 Å². The van der Waals surface area contributed by atoms with Crippen molar-refractivity contribution in [2.24, 2.45) is 0 Å². The standard InChI is InChI=1S/C75H128O6/c1-4-7-10-13-16-19-22-25-27-29-31-33-34-35-36-37-38-39-40-42-43-45-47-50-53-56-59-62-65-68-74(77)80-71-72(70-79-73(76)67-64-61-58-55-52-49-24-21-18-15-12-9-6-3)81-75(78)69-66-63-60-57-54-51-48-46-44-41-32-30-28-26-23-20-17-14-11-8-5-2/h8,11,17,20,22,25-26,28-29,31-32,34-35,41,46,48,54,57,72H,4-7,9-10,12-16,18-19,21,23-24,27,30,33,36-40,42-45,47,49-53,55-56,58-71H2,1-3H3/b11-8-,20-17-,25-22-,28-26-,31-29-,35-34-,41-32-,48-46-,57-54-. The minimum Gasteiger partial charge on any atom is -0.462 e. The number of esters is 3. The van der Waals surface area contributed by atoms with E-state index >= 15 is 0 Å². The molecule has 6 nitrogen and oxygen atoms in total. The summed E-state index contributed by atoms with van der Waals surface area (Å²) in [6.07, 6.45) is 94.0. The van der Waals surface area contributed by atoms with Crippen molar-refractivity contribution >= 4 is 17.9 Å². The SMILES string of the molecule is CC/C=C\C/C=C\C/C=C\C/C=C\C/C=C\C/C=C\CCCCC(=O)OC(COC(=O)CCCCCCCCCCCCCCC)COC(=O)CCCCCCCCCCCCCCCC/C=C\C/C=C\C/C=C\CCCCCCC. The van der Waals surface area contributed by atoms with Crippen LogP contribution in [0.4, 0.5) is 0 Å². The first-order chi connectivity index (χ1) is 40.0. The Kier molecular flexibility index (Phi) is 65.2. The second-order valence-electron chi connectivity index (χ2n) is 22.7. The summed E-state index contributed by atoms with van der Waals surface area (Å²) in [6, 6.07) is 0. The van der Waals surface area contributed by atoms with Crippen LogP contribution in [0.3, 0.4) is 0 Å². The van der Waals surface area contributed by atoms with Crippen molar-refractivity contribution in [3.05, 3.63) is 109 Å². The molecule has 6 heteroatoms. The van der Waals surface area contributed by atoms with Crippen LogP contribution >= 0.6 is 0 Å². The molecule has 0 heterocycles. The molecule has 0 aliphatic carbocycles. The molecule has 0 aliphatic rings. The van der Waals surface area contributed by atoms with E-state index in [0.29, 0.717) is 19.3 Å². The van der Waals surface area contributed by atoms with Crippen molar-refractivity contribution in [1.82, 2.24) is 0 Å². The van der Waals surface area contributed by atoms with E-state index in [2.05, 4.69) is 130 Å². The molecule has 0 N–H and O–H groups in total. The highest BCUT2D eigenvalue weighted by atomic mass is 16.6. The van der Waals surface area contributed by atoms with Gasteiger partial charge in [0.2, 0.25) is 0 Å². The smallest absolute Gasteiger partial charge is 0.306 e. The fraction of sp³-hybridized carbons (Fsp3) is 0.720. The number of carbonyl (C=O) groups is 3. The van der Waals surface area contributed by atoms with Gasteiger partial charge < -0.3 is 14.2 Å². The molecule has 1 unspecified atom stereocenters. The maximum Gasteiger partial charge on any atom is 0.306 e. The van der Waals surface area contributed by atoms with Crippen molar-refractivity contribution in [3.8, 4) is 0 Å². The molecule has 0 aliphatic heterocycles. The molecule has 464 valence electrons. The Morgan fingerprint density at radius 2 is 0.481 bits per heavy atom. The van der Waals surface area contributed by atoms with Crippen molar-refractivity contribution < 1.29 is 28.6 Å². The van der Waals surface area contributed by atoms with Crippen LogP contribution in [-0.4, -0.2) is 37.2 Å².